The lowest BCUT2D eigenvalue weighted by atomic mass is 9.37. The first kappa shape index (κ1) is 20.4. The molecule has 33 heavy (non-hydrogen) atoms. The summed E-state index contributed by atoms with van der Waals surface area (Å²) in [5.74, 6) is 5.12. The largest absolute Gasteiger partial charge is 0.306 e. The van der Waals surface area contributed by atoms with Gasteiger partial charge in [-0.3, -0.25) is 0 Å². The molecule has 8 bridgehead atoms. The fraction of sp³-hybridized carbons (Fsp3) is 0.812. The molecule has 0 heterocycles. The lowest BCUT2D eigenvalue weighted by Crippen LogP contribution is -2.73. The highest BCUT2D eigenvalue weighted by Crippen LogP contribution is 2.71. The molecule has 0 radical (unpaired) electrons. The highest BCUT2D eigenvalue weighted by atomic mass is 15.1. The zero-order chi connectivity index (χ0) is 21.7. The number of benzene rings is 1. The third kappa shape index (κ3) is 3.06. The Morgan fingerprint density at radius 2 is 1.27 bits per heavy atom. The molecule has 9 aliphatic rings. The fourth-order valence-corrected chi connectivity index (χ4v) is 12.8. The molecule has 9 aliphatic carbocycles. The van der Waals surface area contributed by atoms with Crippen LogP contribution in [0.3, 0.4) is 0 Å². The van der Waals surface area contributed by atoms with Crippen molar-refractivity contribution in [1.82, 2.24) is 5.32 Å². The van der Waals surface area contributed by atoms with Gasteiger partial charge in [0.15, 0.2) is 0 Å². The van der Waals surface area contributed by atoms with Crippen molar-refractivity contribution in [3.05, 3.63) is 35.9 Å². The summed E-state index contributed by atoms with van der Waals surface area (Å²) in [5.41, 5.74) is 3.72. The predicted octanol–water partition coefficient (Wildman–Crippen LogP) is 7.79. The van der Waals surface area contributed by atoms with Crippen LogP contribution < -0.4 is 5.32 Å². The Hall–Kier alpha value is -0.820. The molecule has 1 N–H and O–H groups in total. The van der Waals surface area contributed by atoms with Crippen LogP contribution in [0.2, 0.25) is 0 Å². The van der Waals surface area contributed by atoms with Crippen molar-refractivity contribution >= 4 is 0 Å². The average Bonchev–Trinajstić information content (AvgIpc) is 2.78. The predicted molar refractivity (Wildman–Crippen MR) is 135 cm³/mol. The first-order valence-corrected chi connectivity index (χ1v) is 14.9. The van der Waals surface area contributed by atoms with Gasteiger partial charge in [-0.2, -0.15) is 0 Å². The Kier molecular flexibility index (Phi) is 4.26. The van der Waals surface area contributed by atoms with Gasteiger partial charge in [-0.15, -0.1) is 0 Å². The second-order valence-corrected chi connectivity index (χ2v) is 15.0. The van der Waals surface area contributed by atoms with E-state index in [0.717, 1.165) is 29.6 Å². The van der Waals surface area contributed by atoms with Crippen molar-refractivity contribution in [2.24, 2.45) is 35.0 Å². The molecule has 0 saturated heterocycles. The molecule has 9 saturated carbocycles. The maximum absolute atomic E-state index is 4.73. The van der Waals surface area contributed by atoms with E-state index in [9.17, 15) is 0 Å². The summed E-state index contributed by atoms with van der Waals surface area (Å²) < 4.78 is 0. The van der Waals surface area contributed by atoms with Crippen molar-refractivity contribution in [3.8, 4) is 0 Å². The summed E-state index contributed by atoms with van der Waals surface area (Å²) in [4.78, 5) is 0. The first-order chi connectivity index (χ1) is 16.1. The van der Waals surface area contributed by atoms with Gasteiger partial charge in [-0.05, 0) is 136 Å². The van der Waals surface area contributed by atoms with Crippen LogP contribution in [-0.2, 0) is 5.41 Å². The molecule has 0 spiro atoms. The molecule has 9 fully saturated rings. The molecule has 0 aliphatic heterocycles. The van der Waals surface area contributed by atoms with E-state index in [1.165, 1.54) is 83.5 Å². The third-order valence-electron chi connectivity index (χ3n) is 12.5. The van der Waals surface area contributed by atoms with E-state index in [1.807, 2.05) is 0 Å². The van der Waals surface area contributed by atoms with E-state index >= 15 is 0 Å². The molecule has 0 amide bonds. The molecule has 4 unspecified atom stereocenters. The second kappa shape index (κ2) is 6.89. The Bertz CT molecular complexity index is 878. The Balaban J connectivity index is 1.20. The quantitative estimate of drug-likeness (QED) is 0.501. The van der Waals surface area contributed by atoms with Crippen LogP contribution in [-0.4, -0.2) is 11.1 Å². The highest BCUT2D eigenvalue weighted by Gasteiger charge is 2.66. The molecule has 10 rings (SSSR count). The summed E-state index contributed by atoms with van der Waals surface area (Å²) in [6.07, 6.45) is 25.8. The molecular formula is C32H45N. The van der Waals surface area contributed by atoms with Crippen molar-refractivity contribution in [3.63, 3.8) is 0 Å². The average molecular weight is 444 g/mol. The highest BCUT2D eigenvalue weighted by molar-refractivity contribution is 5.34. The van der Waals surface area contributed by atoms with Gasteiger partial charge < -0.3 is 5.32 Å². The molecular weight excluding hydrogens is 398 g/mol. The van der Waals surface area contributed by atoms with Crippen LogP contribution in [0.1, 0.15) is 115 Å². The van der Waals surface area contributed by atoms with Gasteiger partial charge in [0.25, 0.3) is 0 Å². The molecule has 1 aromatic rings. The molecule has 0 aromatic heterocycles. The minimum absolute atomic E-state index is 0.429. The van der Waals surface area contributed by atoms with Gasteiger partial charge in [0, 0.05) is 11.1 Å². The summed E-state index contributed by atoms with van der Waals surface area (Å²) in [5, 5.41) is 4.73. The van der Waals surface area contributed by atoms with Gasteiger partial charge in [-0.1, -0.05) is 49.6 Å². The molecule has 178 valence electrons. The lowest BCUT2D eigenvalue weighted by Gasteiger charge is -2.71. The maximum Gasteiger partial charge on any atom is 0.0203 e. The zero-order valence-corrected chi connectivity index (χ0v) is 20.8. The smallest absolute Gasteiger partial charge is 0.0203 e. The van der Waals surface area contributed by atoms with E-state index < -0.39 is 0 Å². The minimum Gasteiger partial charge on any atom is -0.306 e. The maximum atomic E-state index is 4.73. The second-order valence-electron chi connectivity index (χ2n) is 15.0. The lowest BCUT2D eigenvalue weighted by molar-refractivity contribution is -0.150. The molecule has 1 nitrogen and oxygen atoms in total. The van der Waals surface area contributed by atoms with Crippen molar-refractivity contribution in [1.29, 1.82) is 0 Å². The standard InChI is InChI=1S/C32H45N/c1-3-7-27(8-4-1)29-14-26-15-30(20-29,28-9-5-2-6-10-28)22-32(19-26,21-29)33-31-16-23-11-24(17-31)13-25(12-23)18-31/h1,3-4,7-8,23-26,28,33H,2,5-6,9-22H2. The summed E-state index contributed by atoms with van der Waals surface area (Å²) in [6.45, 7) is 0. The molecule has 1 heteroatoms. The Labute approximate surface area is 201 Å². The van der Waals surface area contributed by atoms with Crippen LogP contribution in [0.5, 0.6) is 0 Å². The first-order valence-electron chi connectivity index (χ1n) is 14.9. The van der Waals surface area contributed by atoms with Gasteiger partial charge in [0.05, 0.1) is 0 Å². The summed E-state index contributed by atoms with van der Waals surface area (Å²) in [7, 11) is 0. The van der Waals surface area contributed by atoms with E-state index in [1.54, 1.807) is 31.2 Å². The van der Waals surface area contributed by atoms with E-state index in [0.29, 0.717) is 21.9 Å². The summed E-state index contributed by atoms with van der Waals surface area (Å²) >= 11 is 0. The van der Waals surface area contributed by atoms with Gasteiger partial charge in [-0.25, -0.2) is 0 Å². The van der Waals surface area contributed by atoms with Crippen molar-refractivity contribution in [2.45, 2.75) is 126 Å². The van der Waals surface area contributed by atoms with Crippen LogP contribution in [0.15, 0.2) is 30.3 Å². The number of rotatable bonds is 4. The number of hydrogen-bond donors (Lipinski definition) is 1. The topological polar surface area (TPSA) is 12.0 Å². The van der Waals surface area contributed by atoms with E-state index in [-0.39, 0.29) is 0 Å². The zero-order valence-electron chi connectivity index (χ0n) is 20.8. The molecule has 1 aromatic carbocycles. The van der Waals surface area contributed by atoms with Crippen molar-refractivity contribution in [2.75, 3.05) is 0 Å². The number of nitrogens with one attached hydrogen (secondary N) is 1. The minimum atomic E-state index is 0.429. The SMILES string of the molecule is c1ccc(C23CC4CC(NC56CC7CC(CC(C7)C5)C6)(C2)CC(C2CCCCC2)(C4)C3)cc1. The van der Waals surface area contributed by atoms with Gasteiger partial charge in [0.2, 0.25) is 0 Å². The molecule has 4 atom stereocenters. The normalized spacial score (nSPS) is 52.5. The van der Waals surface area contributed by atoms with Crippen LogP contribution in [0.4, 0.5) is 0 Å². The number of hydrogen-bond acceptors (Lipinski definition) is 1. The Morgan fingerprint density at radius 1 is 0.606 bits per heavy atom. The van der Waals surface area contributed by atoms with Crippen LogP contribution in [0.25, 0.3) is 0 Å². The van der Waals surface area contributed by atoms with Crippen LogP contribution in [0, 0.1) is 35.0 Å². The van der Waals surface area contributed by atoms with Gasteiger partial charge in [0.1, 0.15) is 0 Å². The summed E-state index contributed by atoms with van der Waals surface area (Å²) in [6, 6.07) is 11.9. The fourth-order valence-electron chi connectivity index (χ4n) is 12.8. The van der Waals surface area contributed by atoms with E-state index in [4.69, 9.17) is 5.32 Å². The van der Waals surface area contributed by atoms with E-state index in [2.05, 4.69) is 30.3 Å². The van der Waals surface area contributed by atoms with Crippen LogP contribution >= 0.6 is 0 Å². The Morgan fingerprint density at radius 3 is 1.97 bits per heavy atom. The monoisotopic (exact) mass is 443 g/mol. The van der Waals surface area contributed by atoms with Gasteiger partial charge >= 0.3 is 0 Å². The third-order valence-corrected chi connectivity index (χ3v) is 12.5. The van der Waals surface area contributed by atoms with Crippen molar-refractivity contribution < 1.29 is 0 Å².